The fourth-order valence-corrected chi connectivity index (χ4v) is 2.88. The molecule has 5 nitrogen and oxygen atoms in total. The molecule has 0 saturated carbocycles. The summed E-state index contributed by atoms with van der Waals surface area (Å²) in [5.41, 5.74) is 0.916. The largest absolute Gasteiger partial charge is 0.497 e. The highest BCUT2D eigenvalue weighted by molar-refractivity contribution is 7.89. The fourth-order valence-electron chi connectivity index (χ4n) is 1.71. The lowest BCUT2D eigenvalue weighted by molar-refractivity contribution is 0.412. The number of nitrogens with zero attached hydrogens (tertiary/aromatic N) is 1. The first-order valence-corrected chi connectivity index (χ1v) is 7.82. The summed E-state index contributed by atoms with van der Waals surface area (Å²) in [6.45, 7) is 1.06. The maximum absolute atomic E-state index is 12.0. The van der Waals surface area contributed by atoms with E-state index in [1.54, 1.807) is 14.2 Å². The molecule has 1 rings (SSSR count). The lowest BCUT2D eigenvalue weighted by atomic mass is 10.2. The Hall–Kier alpha value is -1.11. The molecule has 0 radical (unpaired) electrons. The molecule has 1 N–H and O–H groups in total. The van der Waals surface area contributed by atoms with Crippen molar-refractivity contribution < 1.29 is 13.2 Å². The van der Waals surface area contributed by atoms with Crippen molar-refractivity contribution in [3.8, 4) is 5.75 Å². The number of ether oxygens (including phenoxy) is 1. The van der Waals surface area contributed by atoms with E-state index in [0.717, 1.165) is 11.3 Å². The van der Waals surface area contributed by atoms with E-state index in [0.29, 0.717) is 19.5 Å². The minimum atomic E-state index is -3.20. The summed E-state index contributed by atoms with van der Waals surface area (Å²) in [7, 11) is 1.81. The van der Waals surface area contributed by atoms with Crippen molar-refractivity contribution in [1.29, 1.82) is 0 Å². The van der Waals surface area contributed by atoms with E-state index in [1.165, 1.54) is 4.31 Å². The molecule has 0 fully saturated rings. The van der Waals surface area contributed by atoms with Crippen LogP contribution < -0.4 is 10.1 Å². The number of rotatable bonds is 8. The number of hydrogen-bond acceptors (Lipinski definition) is 4. The minimum absolute atomic E-state index is 0.161. The predicted octanol–water partition coefficient (Wildman–Crippen LogP) is 1.07. The summed E-state index contributed by atoms with van der Waals surface area (Å²) in [5, 5.41) is 2.94. The summed E-state index contributed by atoms with van der Waals surface area (Å²) < 4.78 is 30.6. The quantitative estimate of drug-likeness (QED) is 0.726. The van der Waals surface area contributed by atoms with Crippen molar-refractivity contribution in [2.75, 3.05) is 33.5 Å². The number of nitrogens with one attached hydrogen (secondary N) is 1. The van der Waals surface area contributed by atoms with Gasteiger partial charge < -0.3 is 10.1 Å². The molecule has 0 aromatic heterocycles. The Kier molecular flexibility index (Phi) is 6.27. The molecule has 0 unspecified atom stereocenters. The molecule has 0 aliphatic heterocycles. The predicted molar refractivity (Wildman–Crippen MR) is 76.8 cm³/mol. The smallest absolute Gasteiger partial charge is 0.214 e. The van der Waals surface area contributed by atoms with Crippen LogP contribution in [-0.2, 0) is 16.6 Å². The van der Waals surface area contributed by atoms with Crippen molar-refractivity contribution in [2.45, 2.75) is 13.0 Å². The molecule has 0 aliphatic rings. The topological polar surface area (TPSA) is 58.6 Å². The monoisotopic (exact) mass is 286 g/mol. The van der Waals surface area contributed by atoms with E-state index in [-0.39, 0.29) is 5.75 Å². The van der Waals surface area contributed by atoms with Crippen molar-refractivity contribution in [2.24, 2.45) is 0 Å². The van der Waals surface area contributed by atoms with Gasteiger partial charge in [-0.05, 0) is 37.7 Å². The molecule has 0 saturated heterocycles. The molecule has 6 heteroatoms. The lowest BCUT2D eigenvalue weighted by Crippen LogP contribution is -2.30. The number of sulfonamides is 1. The van der Waals surface area contributed by atoms with Gasteiger partial charge in [0.1, 0.15) is 5.75 Å². The zero-order valence-corrected chi connectivity index (χ0v) is 12.5. The minimum Gasteiger partial charge on any atom is -0.497 e. The number of hydrogen-bond donors (Lipinski definition) is 1. The van der Waals surface area contributed by atoms with E-state index >= 15 is 0 Å². The summed E-state index contributed by atoms with van der Waals surface area (Å²) >= 11 is 0. The second-order valence-corrected chi connectivity index (χ2v) is 6.58. The Labute approximate surface area is 115 Å². The van der Waals surface area contributed by atoms with Gasteiger partial charge in [0.2, 0.25) is 10.0 Å². The summed E-state index contributed by atoms with van der Waals surface area (Å²) in [6, 6.07) is 7.43. The van der Waals surface area contributed by atoms with Crippen LogP contribution in [0.15, 0.2) is 24.3 Å². The van der Waals surface area contributed by atoms with Gasteiger partial charge in [-0.15, -0.1) is 0 Å². The highest BCUT2D eigenvalue weighted by Gasteiger charge is 2.17. The summed E-state index contributed by atoms with van der Waals surface area (Å²) in [6.07, 6.45) is 0.612. The van der Waals surface area contributed by atoms with Crippen LogP contribution in [0.3, 0.4) is 0 Å². The molecule has 0 atom stereocenters. The molecular weight excluding hydrogens is 264 g/mol. The molecule has 1 aromatic rings. The lowest BCUT2D eigenvalue weighted by Gasteiger charge is -2.17. The van der Waals surface area contributed by atoms with E-state index in [2.05, 4.69) is 5.32 Å². The number of benzene rings is 1. The molecule has 0 bridgehead atoms. The van der Waals surface area contributed by atoms with Crippen LogP contribution in [0.1, 0.15) is 12.0 Å². The van der Waals surface area contributed by atoms with E-state index < -0.39 is 10.0 Å². The van der Waals surface area contributed by atoms with Gasteiger partial charge in [-0.2, -0.15) is 0 Å². The Morgan fingerprint density at radius 3 is 2.74 bits per heavy atom. The van der Waals surface area contributed by atoms with E-state index in [4.69, 9.17) is 4.74 Å². The second kappa shape index (κ2) is 7.47. The van der Waals surface area contributed by atoms with E-state index in [9.17, 15) is 8.42 Å². The first-order valence-electron chi connectivity index (χ1n) is 6.21. The van der Waals surface area contributed by atoms with Gasteiger partial charge in [-0.3, -0.25) is 0 Å². The van der Waals surface area contributed by atoms with Crippen LogP contribution >= 0.6 is 0 Å². The Morgan fingerprint density at radius 2 is 2.11 bits per heavy atom. The first-order chi connectivity index (χ1) is 8.99. The van der Waals surface area contributed by atoms with Crippen LogP contribution in [0.25, 0.3) is 0 Å². The molecular formula is C13H22N2O3S. The van der Waals surface area contributed by atoms with Gasteiger partial charge in [0.25, 0.3) is 0 Å². The first kappa shape index (κ1) is 15.9. The van der Waals surface area contributed by atoms with Crippen LogP contribution in [0, 0.1) is 0 Å². The van der Waals surface area contributed by atoms with Crippen LogP contribution in [0.4, 0.5) is 0 Å². The molecule has 0 heterocycles. The number of methoxy groups -OCH3 is 1. The standard InChI is InChI=1S/C13H22N2O3S/c1-14-8-5-9-19(16,17)15(2)11-12-6-4-7-13(10-12)18-3/h4,6-7,10,14H,5,8-9,11H2,1-3H3. The van der Waals surface area contributed by atoms with Gasteiger partial charge in [-0.25, -0.2) is 12.7 Å². The Bertz CT molecular complexity index is 488. The molecule has 19 heavy (non-hydrogen) atoms. The van der Waals surface area contributed by atoms with E-state index in [1.807, 2.05) is 31.3 Å². The van der Waals surface area contributed by atoms with Crippen molar-refractivity contribution in [3.63, 3.8) is 0 Å². The Balaban J connectivity index is 2.64. The van der Waals surface area contributed by atoms with Crippen molar-refractivity contribution in [3.05, 3.63) is 29.8 Å². The van der Waals surface area contributed by atoms with Gasteiger partial charge >= 0.3 is 0 Å². The normalized spacial score (nSPS) is 11.8. The van der Waals surface area contributed by atoms with Crippen molar-refractivity contribution >= 4 is 10.0 Å². The molecule has 0 aliphatic carbocycles. The third-order valence-electron chi connectivity index (χ3n) is 2.84. The van der Waals surface area contributed by atoms with Gasteiger partial charge in [-0.1, -0.05) is 12.1 Å². The average Bonchev–Trinajstić information content (AvgIpc) is 2.39. The average molecular weight is 286 g/mol. The van der Waals surface area contributed by atoms with Gasteiger partial charge in [0.05, 0.1) is 12.9 Å². The fraction of sp³-hybridized carbons (Fsp3) is 0.538. The van der Waals surface area contributed by atoms with Crippen LogP contribution in [0.2, 0.25) is 0 Å². The maximum atomic E-state index is 12.0. The summed E-state index contributed by atoms with van der Waals surface area (Å²) in [4.78, 5) is 0. The van der Waals surface area contributed by atoms with Gasteiger partial charge in [0, 0.05) is 13.6 Å². The zero-order chi connectivity index (χ0) is 14.3. The highest BCUT2D eigenvalue weighted by Crippen LogP contribution is 2.15. The summed E-state index contributed by atoms with van der Waals surface area (Å²) in [5.74, 6) is 0.896. The molecule has 108 valence electrons. The maximum Gasteiger partial charge on any atom is 0.214 e. The van der Waals surface area contributed by atoms with Crippen LogP contribution in [0.5, 0.6) is 5.75 Å². The molecule has 0 spiro atoms. The van der Waals surface area contributed by atoms with Crippen LogP contribution in [-0.4, -0.2) is 46.2 Å². The van der Waals surface area contributed by atoms with Gasteiger partial charge in [0.15, 0.2) is 0 Å². The molecule has 1 aromatic carbocycles. The Morgan fingerprint density at radius 1 is 1.37 bits per heavy atom. The SMILES string of the molecule is CNCCCS(=O)(=O)N(C)Cc1cccc(OC)c1. The second-order valence-electron chi connectivity index (χ2n) is 4.38. The third kappa shape index (κ3) is 5.18. The highest BCUT2D eigenvalue weighted by atomic mass is 32.2. The van der Waals surface area contributed by atoms with Crippen molar-refractivity contribution in [1.82, 2.24) is 9.62 Å². The molecule has 0 amide bonds. The third-order valence-corrected chi connectivity index (χ3v) is 4.73. The zero-order valence-electron chi connectivity index (χ0n) is 11.7.